The van der Waals surface area contributed by atoms with Crippen LogP contribution in [0.25, 0.3) is 11.4 Å². The Labute approximate surface area is 162 Å². The van der Waals surface area contributed by atoms with E-state index in [1.165, 1.54) is 16.7 Å². The second-order valence-electron chi connectivity index (χ2n) is 6.86. The van der Waals surface area contributed by atoms with Gasteiger partial charge in [-0.1, -0.05) is 59.8 Å². The molecule has 0 spiro atoms. The number of rotatable bonds is 4. The van der Waals surface area contributed by atoms with Gasteiger partial charge in [-0.15, -0.1) is 0 Å². The molecular formula is C22H19N3OS. The topological polar surface area (TPSA) is 42.2 Å². The minimum atomic E-state index is 0.357. The molecule has 5 heteroatoms. The van der Waals surface area contributed by atoms with E-state index in [9.17, 15) is 0 Å². The molecule has 0 radical (unpaired) electrons. The molecule has 1 aliphatic heterocycles. The number of hydrogen-bond acceptors (Lipinski definition) is 5. The van der Waals surface area contributed by atoms with Crippen molar-refractivity contribution in [2.24, 2.45) is 0 Å². The Morgan fingerprint density at radius 2 is 1.89 bits per heavy atom. The standard InChI is InChI=1S/C22H19N3OS/c1-2-6-16(7-3-1)20-13-25(12-17-8-4-5-9-19(17)20)14-21-23-22(24-26-21)18-10-11-27-15-18/h1-11,15,20H,12-14H2/t20-/m1/s1. The van der Waals surface area contributed by atoms with Crippen LogP contribution in [0.5, 0.6) is 0 Å². The van der Waals surface area contributed by atoms with E-state index < -0.39 is 0 Å². The van der Waals surface area contributed by atoms with Crippen LogP contribution in [-0.4, -0.2) is 21.6 Å². The van der Waals surface area contributed by atoms with Gasteiger partial charge in [-0.3, -0.25) is 4.90 Å². The van der Waals surface area contributed by atoms with Crippen LogP contribution < -0.4 is 0 Å². The quantitative estimate of drug-likeness (QED) is 0.508. The van der Waals surface area contributed by atoms with Gasteiger partial charge in [-0.25, -0.2) is 0 Å². The van der Waals surface area contributed by atoms with Gasteiger partial charge in [0.15, 0.2) is 0 Å². The van der Waals surface area contributed by atoms with Gasteiger partial charge >= 0.3 is 0 Å². The smallest absolute Gasteiger partial charge is 0.241 e. The zero-order valence-electron chi connectivity index (χ0n) is 14.8. The third-order valence-electron chi connectivity index (χ3n) is 5.07. The van der Waals surface area contributed by atoms with E-state index in [-0.39, 0.29) is 0 Å². The van der Waals surface area contributed by atoms with Gasteiger partial charge < -0.3 is 4.52 Å². The minimum absolute atomic E-state index is 0.357. The maximum absolute atomic E-state index is 5.52. The number of hydrogen-bond donors (Lipinski definition) is 0. The van der Waals surface area contributed by atoms with Crippen molar-refractivity contribution in [1.82, 2.24) is 15.0 Å². The van der Waals surface area contributed by atoms with E-state index in [0.717, 1.165) is 18.7 Å². The van der Waals surface area contributed by atoms with Crippen LogP contribution in [0, 0.1) is 0 Å². The first-order valence-electron chi connectivity index (χ1n) is 9.07. The monoisotopic (exact) mass is 373 g/mol. The highest BCUT2D eigenvalue weighted by Gasteiger charge is 2.27. The van der Waals surface area contributed by atoms with Gasteiger partial charge in [0.05, 0.1) is 6.54 Å². The molecule has 0 unspecified atom stereocenters. The van der Waals surface area contributed by atoms with E-state index >= 15 is 0 Å². The van der Waals surface area contributed by atoms with Crippen LogP contribution in [0.2, 0.25) is 0 Å². The highest BCUT2D eigenvalue weighted by molar-refractivity contribution is 7.08. The van der Waals surface area contributed by atoms with Gasteiger partial charge in [0.2, 0.25) is 11.7 Å². The molecule has 0 bridgehead atoms. The summed E-state index contributed by atoms with van der Waals surface area (Å²) in [7, 11) is 0. The zero-order chi connectivity index (χ0) is 18.1. The SMILES string of the molecule is c1ccc([C@H]2CN(Cc3nc(-c4ccsc4)no3)Cc3ccccc32)cc1. The third kappa shape index (κ3) is 3.31. The predicted octanol–water partition coefficient (Wildman–Crippen LogP) is 4.95. The van der Waals surface area contributed by atoms with Crippen molar-refractivity contribution < 1.29 is 4.52 Å². The number of nitrogens with zero attached hydrogens (tertiary/aromatic N) is 3. The first-order chi connectivity index (χ1) is 13.4. The summed E-state index contributed by atoms with van der Waals surface area (Å²) in [5.41, 5.74) is 5.15. The Balaban J connectivity index is 1.41. The number of thiophene rings is 1. The molecule has 1 aliphatic rings. The van der Waals surface area contributed by atoms with E-state index in [2.05, 4.69) is 69.6 Å². The molecule has 1 atom stereocenters. The van der Waals surface area contributed by atoms with Crippen molar-refractivity contribution in [2.75, 3.05) is 6.54 Å². The van der Waals surface area contributed by atoms with Crippen molar-refractivity contribution in [3.63, 3.8) is 0 Å². The van der Waals surface area contributed by atoms with E-state index in [0.29, 0.717) is 24.2 Å². The van der Waals surface area contributed by atoms with E-state index in [1.54, 1.807) is 11.3 Å². The third-order valence-corrected chi connectivity index (χ3v) is 5.76. The normalized spacial score (nSPS) is 17.0. The molecule has 27 heavy (non-hydrogen) atoms. The molecule has 0 saturated heterocycles. The second kappa shape index (κ2) is 7.10. The molecule has 0 N–H and O–H groups in total. The molecule has 4 nitrogen and oxygen atoms in total. The molecule has 5 rings (SSSR count). The Bertz CT molecular complexity index is 1030. The molecule has 0 fully saturated rings. The average molecular weight is 373 g/mol. The molecular weight excluding hydrogens is 354 g/mol. The van der Waals surface area contributed by atoms with Crippen LogP contribution in [0.15, 0.2) is 75.9 Å². The van der Waals surface area contributed by atoms with Gasteiger partial charge in [-0.05, 0) is 28.1 Å². The lowest BCUT2D eigenvalue weighted by atomic mass is 9.85. The summed E-state index contributed by atoms with van der Waals surface area (Å²) in [6.07, 6.45) is 0. The lowest BCUT2D eigenvalue weighted by molar-refractivity contribution is 0.200. The van der Waals surface area contributed by atoms with Crippen LogP contribution in [0.1, 0.15) is 28.5 Å². The molecule has 3 heterocycles. The van der Waals surface area contributed by atoms with Crippen LogP contribution in [0.3, 0.4) is 0 Å². The Morgan fingerprint density at radius 1 is 1.04 bits per heavy atom. The van der Waals surface area contributed by atoms with Gasteiger partial charge in [-0.2, -0.15) is 16.3 Å². The lowest BCUT2D eigenvalue weighted by Crippen LogP contribution is -2.33. The van der Waals surface area contributed by atoms with Gasteiger partial charge in [0, 0.05) is 30.0 Å². The van der Waals surface area contributed by atoms with Crippen molar-refractivity contribution in [3.05, 3.63) is 94.0 Å². The highest BCUT2D eigenvalue weighted by Crippen LogP contribution is 2.34. The fraction of sp³-hybridized carbons (Fsp3) is 0.182. The molecule has 4 aromatic rings. The molecule has 134 valence electrons. The number of aromatic nitrogens is 2. The summed E-state index contributed by atoms with van der Waals surface area (Å²) < 4.78 is 5.52. The van der Waals surface area contributed by atoms with Gasteiger partial charge in [0.25, 0.3) is 0 Å². The average Bonchev–Trinajstić information content (AvgIpc) is 3.40. The molecule has 0 aliphatic carbocycles. The lowest BCUT2D eigenvalue weighted by Gasteiger charge is -2.34. The summed E-state index contributed by atoms with van der Waals surface area (Å²) in [5.74, 6) is 1.70. The summed E-state index contributed by atoms with van der Waals surface area (Å²) >= 11 is 1.64. The van der Waals surface area contributed by atoms with Crippen molar-refractivity contribution in [3.8, 4) is 11.4 Å². The zero-order valence-corrected chi connectivity index (χ0v) is 15.6. The van der Waals surface area contributed by atoms with E-state index in [4.69, 9.17) is 4.52 Å². The maximum atomic E-state index is 5.52. The van der Waals surface area contributed by atoms with Crippen molar-refractivity contribution in [1.29, 1.82) is 0 Å². The van der Waals surface area contributed by atoms with Crippen LogP contribution >= 0.6 is 11.3 Å². The Morgan fingerprint density at radius 3 is 2.74 bits per heavy atom. The molecule has 0 saturated carbocycles. The predicted molar refractivity (Wildman–Crippen MR) is 106 cm³/mol. The minimum Gasteiger partial charge on any atom is -0.338 e. The summed E-state index contributed by atoms with van der Waals surface area (Å²) in [6, 6.07) is 21.5. The maximum Gasteiger partial charge on any atom is 0.241 e. The van der Waals surface area contributed by atoms with Crippen LogP contribution in [-0.2, 0) is 13.1 Å². The summed E-state index contributed by atoms with van der Waals surface area (Å²) in [5, 5.41) is 8.20. The van der Waals surface area contributed by atoms with Crippen molar-refractivity contribution in [2.45, 2.75) is 19.0 Å². The van der Waals surface area contributed by atoms with E-state index in [1.807, 2.05) is 16.8 Å². The van der Waals surface area contributed by atoms with Crippen LogP contribution in [0.4, 0.5) is 0 Å². The number of benzene rings is 2. The Hall–Kier alpha value is -2.76. The summed E-state index contributed by atoms with van der Waals surface area (Å²) in [4.78, 5) is 6.98. The van der Waals surface area contributed by atoms with Gasteiger partial charge in [0.1, 0.15) is 0 Å². The molecule has 0 amide bonds. The highest BCUT2D eigenvalue weighted by atomic mass is 32.1. The Kier molecular flexibility index (Phi) is 4.32. The molecule has 2 aromatic heterocycles. The summed E-state index contributed by atoms with van der Waals surface area (Å²) in [6.45, 7) is 2.50. The fourth-order valence-electron chi connectivity index (χ4n) is 3.79. The first kappa shape index (κ1) is 16.4. The fourth-order valence-corrected chi connectivity index (χ4v) is 4.42. The number of fused-ring (bicyclic) bond motifs is 1. The molecule has 2 aromatic carbocycles. The first-order valence-corrected chi connectivity index (χ1v) is 10.0. The van der Waals surface area contributed by atoms with Crippen molar-refractivity contribution >= 4 is 11.3 Å². The largest absolute Gasteiger partial charge is 0.338 e. The second-order valence-corrected chi connectivity index (χ2v) is 7.64.